The smallest absolute Gasteiger partial charge is 0.379 e. The quantitative estimate of drug-likeness (QED) is 0.444. The number of amides is 1. The van der Waals surface area contributed by atoms with Crippen molar-refractivity contribution in [2.24, 2.45) is 0 Å². The second-order valence-electron chi connectivity index (χ2n) is 10.9. The highest BCUT2D eigenvalue weighted by Crippen LogP contribution is 2.38. The highest BCUT2D eigenvalue weighted by Gasteiger charge is 2.40. The number of dihydropyridines is 1. The molecule has 0 bridgehead atoms. The topological polar surface area (TPSA) is 80.3 Å². The molecule has 8 nitrogen and oxygen atoms in total. The van der Waals surface area contributed by atoms with E-state index in [0.29, 0.717) is 56.7 Å². The number of carbonyl (C=O) groups is 1. The maximum Gasteiger partial charge on any atom is 0.417 e. The second kappa shape index (κ2) is 12.4. The van der Waals surface area contributed by atoms with E-state index >= 15 is 4.39 Å². The van der Waals surface area contributed by atoms with Crippen LogP contribution >= 0.6 is 0 Å². The standard InChI is InChI=1S/C30H35F4N5O3/c1-19-17-39(7-6-37(19)2)27-15-25(31)22(21-5-3-4-20(12-21)18-38-8-10-42-11-9-38)13-26(27)36-29(41)23-16-35-28(40)14-24(23)30(32,33)34/h3-5,12-16,19,28,35,40H,6-11,17-18H2,1-2H3,(H,36,41)/t19-,28?/m1/s1. The number of ether oxygens (including phenoxy) is 1. The number of aliphatic hydroxyl groups excluding tert-OH is 1. The Hall–Kier alpha value is -3.45. The molecular weight excluding hydrogens is 554 g/mol. The SMILES string of the molecule is C[C@@H]1CN(c2cc(F)c(-c3cccc(CN4CCOCC4)c3)cc2NC(=O)C2=CNC(O)C=C2C(F)(F)F)CCN1C. The number of anilines is 2. The molecule has 3 aliphatic rings. The van der Waals surface area contributed by atoms with Gasteiger partial charge in [0.1, 0.15) is 12.0 Å². The zero-order valence-electron chi connectivity index (χ0n) is 23.5. The Morgan fingerprint density at radius 3 is 2.62 bits per heavy atom. The van der Waals surface area contributed by atoms with Crippen LogP contribution in [-0.4, -0.2) is 92.2 Å². The first kappa shape index (κ1) is 30.0. The third-order valence-corrected chi connectivity index (χ3v) is 7.94. The number of hydrogen-bond acceptors (Lipinski definition) is 7. The molecule has 0 aliphatic carbocycles. The van der Waals surface area contributed by atoms with Crippen LogP contribution in [0.4, 0.5) is 28.9 Å². The van der Waals surface area contributed by atoms with Gasteiger partial charge in [0.25, 0.3) is 5.91 Å². The highest BCUT2D eigenvalue weighted by molar-refractivity contribution is 6.09. The number of nitrogens with one attached hydrogen (secondary N) is 2. The molecule has 2 saturated heterocycles. The molecule has 3 aliphatic heterocycles. The molecular formula is C30H35F4N5O3. The van der Waals surface area contributed by atoms with Crippen molar-refractivity contribution in [1.82, 2.24) is 15.1 Å². The lowest BCUT2D eigenvalue weighted by molar-refractivity contribution is -0.115. The number of piperazine rings is 1. The van der Waals surface area contributed by atoms with Gasteiger partial charge >= 0.3 is 6.18 Å². The lowest BCUT2D eigenvalue weighted by Gasteiger charge is -2.39. The van der Waals surface area contributed by atoms with Crippen LogP contribution in [0.15, 0.2) is 59.8 Å². The summed E-state index contributed by atoms with van der Waals surface area (Å²) < 4.78 is 62.5. The lowest BCUT2D eigenvalue weighted by atomic mass is 9.99. The molecule has 5 rings (SSSR count). The van der Waals surface area contributed by atoms with Gasteiger partial charge in [0.05, 0.1) is 35.7 Å². The number of benzene rings is 2. The van der Waals surface area contributed by atoms with E-state index in [1.807, 2.05) is 37.1 Å². The monoisotopic (exact) mass is 589 g/mol. The molecule has 0 radical (unpaired) electrons. The van der Waals surface area contributed by atoms with Crippen molar-refractivity contribution in [2.75, 3.05) is 63.2 Å². The third kappa shape index (κ3) is 6.78. The van der Waals surface area contributed by atoms with Crippen LogP contribution < -0.4 is 15.5 Å². The van der Waals surface area contributed by atoms with Gasteiger partial charge in [-0.05, 0) is 49.4 Å². The fourth-order valence-electron chi connectivity index (χ4n) is 5.43. The maximum absolute atomic E-state index is 15.8. The molecule has 0 saturated carbocycles. The lowest BCUT2D eigenvalue weighted by Crippen LogP contribution is -2.50. The minimum atomic E-state index is -4.86. The van der Waals surface area contributed by atoms with E-state index in [4.69, 9.17) is 4.74 Å². The van der Waals surface area contributed by atoms with Crippen LogP contribution in [-0.2, 0) is 16.1 Å². The Morgan fingerprint density at radius 1 is 1.14 bits per heavy atom. The molecule has 3 N–H and O–H groups in total. The Balaban J connectivity index is 1.50. The Morgan fingerprint density at radius 2 is 1.90 bits per heavy atom. The number of hydrogen-bond donors (Lipinski definition) is 3. The average Bonchev–Trinajstić information content (AvgIpc) is 2.95. The van der Waals surface area contributed by atoms with Gasteiger partial charge in [-0.2, -0.15) is 13.2 Å². The minimum Gasteiger partial charge on any atom is -0.379 e. The van der Waals surface area contributed by atoms with E-state index in [2.05, 4.69) is 20.4 Å². The van der Waals surface area contributed by atoms with Gasteiger partial charge in [0, 0.05) is 57.1 Å². The molecule has 1 unspecified atom stereocenters. The first-order valence-corrected chi connectivity index (χ1v) is 13.9. The Bertz CT molecular complexity index is 1370. The van der Waals surface area contributed by atoms with Crippen LogP contribution in [0.5, 0.6) is 0 Å². The summed E-state index contributed by atoms with van der Waals surface area (Å²) in [5, 5.41) is 14.7. The number of likely N-dealkylation sites (N-methyl/N-ethyl adjacent to an activating group) is 1. The first-order chi connectivity index (χ1) is 20.0. The van der Waals surface area contributed by atoms with Crippen LogP contribution in [0, 0.1) is 5.82 Å². The first-order valence-electron chi connectivity index (χ1n) is 13.9. The predicted molar refractivity (Wildman–Crippen MR) is 152 cm³/mol. The third-order valence-electron chi connectivity index (χ3n) is 7.94. The number of aliphatic hydroxyl groups is 1. The molecule has 3 heterocycles. The number of rotatable bonds is 6. The summed E-state index contributed by atoms with van der Waals surface area (Å²) in [7, 11) is 1.99. The van der Waals surface area contributed by atoms with Gasteiger partial charge in [0.2, 0.25) is 0 Å². The molecule has 2 aromatic carbocycles. The van der Waals surface area contributed by atoms with Gasteiger partial charge in [-0.1, -0.05) is 18.2 Å². The number of halogens is 4. The fraction of sp³-hybridized carbons (Fsp3) is 0.433. The van der Waals surface area contributed by atoms with E-state index in [0.717, 1.165) is 24.9 Å². The van der Waals surface area contributed by atoms with Gasteiger partial charge in [0.15, 0.2) is 0 Å². The molecule has 0 aromatic heterocycles. The normalized spacial score (nSPS) is 22.3. The fourth-order valence-corrected chi connectivity index (χ4v) is 5.43. The maximum atomic E-state index is 15.8. The second-order valence-corrected chi connectivity index (χ2v) is 10.9. The van der Waals surface area contributed by atoms with E-state index in [1.165, 1.54) is 12.1 Å². The molecule has 2 fully saturated rings. The van der Waals surface area contributed by atoms with Crippen LogP contribution in [0.3, 0.4) is 0 Å². The summed E-state index contributed by atoms with van der Waals surface area (Å²) in [5.74, 6) is -1.53. The summed E-state index contributed by atoms with van der Waals surface area (Å²) in [6.45, 7) is 7.36. The van der Waals surface area contributed by atoms with Crippen molar-refractivity contribution >= 4 is 17.3 Å². The summed E-state index contributed by atoms with van der Waals surface area (Å²) in [4.78, 5) is 19.6. The summed E-state index contributed by atoms with van der Waals surface area (Å²) in [6, 6.07) is 10.4. The molecule has 42 heavy (non-hydrogen) atoms. The van der Waals surface area contributed by atoms with E-state index in [9.17, 15) is 23.1 Å². The van der Waals surface area contributed by atoms with E-state index in [1.54, 1.807) is 6.07 Å². The van der Waals surface area contributed by atoms with Gasteiger partial charge in [-0.25, -0.2) is 4.39 Å². The van der Waals surface area contributed by atoms with Crippen molar-refractivity contribution in [3.63, 3.8) is 0 Å². The van der Waals surface area contributed by atoms with Gasteiger partial charge < -0.3 is 30.3 Å². The number of carbonyl (C=O) groups excluding carboxylic acids is 1. The van der Waals surface area contributed by atoms with Gasteiger partial charge in [-0.3, -0.25) is 9.69 Å². The van der Waals surface area contributed by atoms with Crippen LogP contribution in [0.2, 0.25) is 0 Å². The van der Waals surface area contributed by atoms with Crippen LogP contribution in [0.25, 0.3) is 11.1 Å². The van der Waals surface area contributed by atoms with Crippen molar-refractivity contribution in [3.8, 4) is 11.1 Å². The molecule has 0 spiro atoms. The largest absolute Gasteiger partial charge is 0.417 e. The summed E-state index contributed by atoms with van der Waals surface area (Å²) >= 11 is 0. The van der Waals surface area contributed by atoms with Crippen molar-refractivity contribution < 1.29 is 32.2 Å². The minimum absolute atomic E-state index is 0.133. The van der Waals surface area contributed by atoms with Crippen LogP contribution in [0.1, 0.15) is 12.5 Å². The highest BCUT2D eigenvalue weighted by atomic mass is 19.4. The van der Waals surface area contributed by atoms with Crippen molar-refractivity contribution in [2.45, 2.75) is 31.9 Å². The predicted octanol–water partition coefficient (Wildman–Crippen LogP) is 3.70. The zero-order chi connectivity index (χ0) is 30.0. The zero-order valence-corrected chi connectivity index (χ0v) is 23.5. The van der Waals surface area contributed by atoms with Crippen molar-refractivity contribution in [3.05, 3.63) is 71.2 Å². The van der Waals surface area contributed by atoms with Crippen molar-refractivity contribution in [1.29, 1.82) is 0 Å². The Kier molecular flexibility index (Phi) is 8.88. The van der Waals surface area contributed by atoms with Gasteiger partial charge in [-0.15, -0.1) is 0 Å². The molecule has 1 amide bonds. The number of nitrogens with zero attached hydrogens (tertiary/aromatic N) is 3. The molecule has 12 heteroatoms. The van der Waals surface area contributed by atoms with E-state index < -0.39 is 35.3 Å². The number of morpholine rings is 1. The molecule has 2 atom stereocenters. The molecule has 2 aromatic rings. The summed E-state index contributed by atoms with van der Waals surface area (Å²) in [5.41, 5.74) is 0.440. The average molecular weight is 590 g/mol. The molecule has 226 valence electrons. The number of alkyl halides is 3. The van der Waals surface area contributed by atoms with E-state index in [-0.39, 0.29) is 17.3 Å². The summed E-state index contributed by atoms with van der Waals surface area (Å²) in [6.07, 6.45) is -5.05. The Labute approximate surface area is 242 Å².